The van der Waals surface area contributed by atoms with Crippen LogP contribution in [-0.4, -0.2) is 11.2 Å². The predicted octanol–water partition coefficient (Wildman–Crippen LogP) is 3.07. The number of halogens is 1. The van der Waals surface area contributed by atoms with Crippen LogP contribution in [0.4, 0.5) is 4.39 Å². The SMILES string of the molecule is Cc1cc(C)c(C2CCC(O)C2)c(F)c1. The second-order valence-corrected chi connectivity index (χ2v) is 4.64. The second kappa shape index (κ2) is 3.93. The van der Waals surface area contributed by atoms with Crippen LogP contribution in [0.1, 0.15) is 41.9 Å². The molecule has 0 amide bonds. The van der Waals surface area contributed by atoms with E-state index in [9.17, 15) is 9.50 Å². The minimum Gasteiger partial charge on any atom is -0.393 e. The summed E-state index contributed by atoms with van der Waals surface area (Å²) in [6, 6.07) is 3.61. The first-order chi connectivity index (χ1) is 7.08. The second-order valence-electron chi connectivity index (χ2n) is 4.64. The molecule has 1 fully saturated rings. The molecule has 0 heterocycles. The molecular formula is C13H17FO. The van der Waals surface area contributed by atoms with Crippen LogP contribution < -0.4 is 0 Å². The van der Waals surface area contributed by atoms with Gasteiger partial charge in [-0.25, -0.2) is 4.39 Å². The number of hydrogen-bond acceptors (Lipinski definition) is 1. The summed E-state index contributed by atoms with van der Waals surface area (Å²) >= 11 is 0. The number of rotatable bonds is 1. The van der Waals surface area contributed by atoms with E-state index in [0.717, 1.165) is 29.5 Å². The van der Waals surface area contributed by atoms with Gasteiger partial charge in [-0.05, 0) is 61.8 Å². The van der Waals surface area contributed by atoms with Gasteiger partial charge in [0.05, 0.1) is 6.10 Å². The molecule has 0 aliphatic heterocycles. The number of aryl methyl sites for hydroxylation is 2. The quantitative estimate of drug-likeness (QED) is 0.752. The molecule has 0 aromatic heterocycles. The monoisotopic (exact) mass is 208 g/mol. The summed E-state index contributed by atoms with van der Waals surface area (Å²) in [7, 11) is 0. The highest BCUT2D eigenvalue weighted by atomic mass is 19.1. The lowest BCUT2D eigenvalue weighted by Crippen LogP contribution is -2.04. The van der Waals surface area contributed by atoms with Crippen molar-refractivity contribution in [1.82, 2.24) is 0 Å². The standard InChI is InChI=1S/C13H17FO/c1-8-5-9(2)13(12(14)6-8)10-3-4-11(15)7-10/h5-6,10-11,15H,3-4,7H2,1-2H3. The Morgan fingerprint density at radius 1 is 1.27 bits per heavy atom. The molecule has 2 rings (SSSR count). The maximum absolute atomic E-state index is 13.8. The third-order valence-corrected chi connectivity index (χ3v) is 3.29. The van der Waals surface area contributed by atoms with Crippen molar-refractivity contribution in [2.45, 2.75) is 45.1 Å². The summed E-state index contributed by atoms with van der Waals surface area (Å²) in [5.41, 5.74) is 2.80. The molecule has 0 saturated heterocycles. The fraction of sp³-hybridized carbons (Fsp3) is 0.538. The molecule has 1 aromatic carbocycles. The first-order valence-electron chi connectivity index (χ1n) is 5.52. The van der Waals surface area contributed by atoms with E-state index in [4.69, 9.17) is 0 Å². The Labute approximate surface area is 89.9 Å². The summed E-state index contributed by atoms with van der Waals surface area (Å²) in [6.07, 6.45) is 2.18. The molecular weight excluding hydrogens is 191 g/mol. The Morgan fingerprint density at radius 2 is 2.00 bits per heavy atom. The van der Waals surface area contributed by atoms with Gasteiger partial charge in [-0.2, -0.15) is 0 Å². The van der Waals surface area contributed by atoms with E-state index in [0.29, 0.717) is 6.42 Å². The lowest BCUT2D eigenvalue weighted by molar-refractivity contribution is 0.181. The third-order valence-electron chi connectivity index (χ3n) is 3.29. The van der Waals surface area contributed by atoms with E-state index < -0.39 is 0 Å². The molecule has 1 aliphatic rings. The van der Waals surface area contributed by atoms with Gasteiger partial charge in [0.25, 0.3) is 0 Å². The highest BCUT2D eigenvalue weighted by molar-refractivity contribution is 5.35. The topological polar surface area (TPSA) is 20.2 Å². The Bertz CT molecular complexity index is 350. The fourth-order valence-corrected chi connectivity index (χ4v) is 2.66. The molecule has 1 N–H and O–H groups in total. The summed E-state index contributed by atoms with van der Waals surface area (Å²) in [5, 5.41) is 9.47. The molecule has 0 bridgehead atoms. The van der Waals surface area contributed by atoms with Crippen LogP contribution in [0.3, 0.4) is 0 Å². The van der Waals surface area contributed by atoms with Crippen molar-refractivity contribution in [2.24, 2.45) is 0 Å². The molecule has 1 aromatic rings. The van der Waals surface area contributed by atoms with Crippen LogP contribution in [0, 0.1) is 19.7 Å². The average Bonchev–Trinajstić information content (AvgIpc) is 2.49. The molecule has 1 aliphatic carbocycles. The van der Waals surface area contributed by atoms with Crippen LogP contribution in [-0.2, 0) is 0 Å². The van der Waals surface area contributed by atoms with Crippen molar-refractivity contribution in [2.75, 3.05) is 0 Å². The van der Waals surface area contributed by atoms with Gasteiger partial charge in [-0.3, -0.25) is 0 Å². The maximum atomic E-state index is 13.8. The minimum absolute atomic E-state index is 0.105. The van der Waals surface area contributed by atoms with E-state index in [1.54, 1.807) is 6.07 Å². The normalized spacial score (nSPS) is 25.9. The molecule has 2 unspecified atom stereocenters. The molecule has 2 heteroatoms. The van der Waals surface area contributed by atoms with Gasteiger partial charge in [-0.1, -0.05) is 6.07 Å². The lowest BCUT2D eigenvalue weighted by Gasteiger charge is -2.15. The van der Waals surface area contributed by atoms with E-state index in [1.165, 1.54) is 0 Å². The zero-order valence-corrected chi connectivity index (χ0v) is 9.26. The summed E-state index contributed by atoms with van der Waals surface area (Å²) < 4.78 is 13.8. The average molecular weight is 208 g/mol. The third kappa shape index (κ3) is 2.05. The van der Waals surface area contributed by atoms with Crippen molar-refractivity contribution < 1.29 is 9.50 Å². The first-order valence-corrected chi connectivity index (χ1v) is 5.52. The van der Waals surface area contributed by atoms with Gasteiger partial charge in [-0.15, -0.1) is 0 Å². The molecule has 82 valence electrons. The largest absolute Gasteiger partial charge is 0.393 e. The number of aliphatic hydroxyl groups is 1. The molecule has 0 radical (unpaired) electrons. The Morgan fingerprint density at radius 3 is 2.53 bits per heavy atom. The van der Waals surface area contributed by atoms with E-state index in [-0.39, 0.29) is 17.8 Å². The van der Waals surface area contributed by atoms with Crippen LogP contribution in [0.25, 0.3) is 0 Å². The predicted molar refractivity (Wildman–Crippen MR) is 58.5 cm³/mol. The molecule has 2 atom stereocenters. The molecule has 1 nitrogen and oxygen atoms in total. The fourth-order valence-electron chi connectivity index (χ4n) is 2.66. The summed E-state index contributed by atoms with van der Waals surface area (Å²) in [4.78, 5) is 0. The minimum atomic E-state index is -0.241. The van der Waals surface area contributed by atoms with Gasteiger partial charge in [0.15, 0.2) is 0 Å². The maximum Gasteiger partial charge on any atom is 0.127 e. The highest BCUT2D eigenvalue weighted by Gasteiger charge is 2.27. The van der Waals surface area contributed by atoms with E-state index in [2.05, 4.69) is 0 Å². The van der Waals surface area contributed by atoms with Crippen molar-refractivity contribution in [3.05, 3.63) is 34.6 Å². The van der Waals surface area contributed by atoms with Gasteiger partial charge >= 0.3 is 0 Å². The van der Waals surface area contributed by atoms with Gasteiger partial charge < -0.3 is 5.11 Å². The lowest BCUT2D eigenvalue weighted by atomic mass is 9.92. The first kappa shape index (κ1) is 10.6. The molecule has 0 spiro atoms. The van der Waals surface area contributed by atoms with E-state index >= 15 is 0 Å². The zero-order chi connectivity index (χ0) is 11.0. The molecule has 1 saturated carbocycles. The van der Waals surface area contributed by atoms with Gasteiger partial charge in [0, 0.05) is 0 Å². The van der Waals surface area contributed by atoms with Gasteiger partial charge in [0.2, 0.25) is 0 Å². The number of hydrogen-bond donors (Lipinski definition) is 1. The molecule has 15 heavy (non-hydrogen) atoms. The van der Waals surface area contributed by atoms with Crippen molar-refractivity contribution in [3.63, 3.8) is 0 Å². The van der Waals surface area contributed by atoms with E-state index in [1.807, 2.05) is 19.9 Å². The van der Waals surface area contributed by atoms with Crippen LogP contribution >= 0.6 is 0 Å². The van der Waals surface area contributed by atoms with Crippen molar-refractivity contribution in [3.8, 4) is 0 Å². The summed E-state index contributed by atoms with van der Waals surface area (Å²) in [5.74, 6) is 0.104. The number of benzene rings is 1. The number of aliphatic hydroxyl groups excluding tert-OH is 1. The Balaban J connectivity index is 2.35. The zero-order valence-electron chi connectivity index (χ0n) is 9.26. The Kier molecular flexibility index (Phi) is 2.79. The smallest absolute Gasteiger partial charge is 0.127 e. The highest BCUT2D eigenvalue weighted by Crippen LogP contribution is 2.37. The van der Waals surface area contributed by atoms with Crippen molar-refractivity contribution in [1.29, 1.82) is 0 Å². The van der Waals surface area contributed by atoms with Crippen molar-refractivity contribution >= 4 is 0 Å². The Hall–Kier alpha value is -0.890. The van der Waals surface area contributed by atoms with Crippen LogP contribution in [0.15, 0.2) is 12.1 Å². The van der Waals surface area contributed by atoms with Crippen LogP contribution in [0.2, 0.25) is 0 Å². The van der Waals surface area contributed by atoms with Crippen LogP contribution in [0.5, 0.6) is 0 Å². The summed E-state index contributed by atoms with van der Waals surface area (Å²) in [6.45, 7) is 3.86. The van der Waals surface area contributed by atoms with Gasteiger partial charge in [0.1, 0.15) is 5.82 Å².